The van der Waals surface area contributed by atoms with Crippen molar-refractivity contribution in [2.24, 2.45) is 0 Å². The number of anilines is 1. The number of hydrogen-bond acceptors (Lipinski definition) is 5. The number of ether oxygens (including phenoxy) is 1. The van der Waals surface area contributed by atoms with Crippen molar-refractivity contribution in [3.05, 3.63) is 89.7 Å². The lowest BCUT2D eigenvalue weighted by atomic mass is 10.0. The van der Waals surface area contributed by atoms with Crippen LogP contribution >= 0.6 is 0 Å². The number of likely N-dealkylation sites (N-methyl/N-ethyl adjacent to an activating group) is 1. The van der Waals surface area contributed by atoms with Crippen LogP contribution in [0.2, 0.25) is 0 Å². The molecule has 0 saturated carbocycles. The molecular formula is C32H39N5O3. The molecule has 0 radical (unpaired) electrons. The average Bonchev–Trinajstić information content (AvgIpc) is 3.22. The predicted molar refractivity (Wildman–Crippen MR) is 160 cm³/mol. The van der Waals surface area contributed by atoms with Crippen molar-refractivity contribution in [2.45, 2.75) is 38.8 Å². The smallest absolute Gasteiger partial charge is 0.249 e. The van der Waals surface area contributed by atoms with Crippen molar-refractivity contribution in [1.29, 1.82) is 0 Å². The fourth-order valence-corrected chi connectivity index (χ4v) is 5.07. The highest BCUT2D eigenvalue weighted by molar-refractivity contribution is 5.99. The number of aromatic nitrogens is 2. The van der Waals surface area contributed by atoms with Gasteiger partial charge in [0.2, 0.25) is 17.7 Å². The molecule has 1 atom stereocenters. The van der Waals surface area contributed by atoms with E-state index in [2.05, 4.69) is 52.9 Å². The number of carbonyl (C=O) groups is 2. The fraction of sp³-hybridized carbons (Fsp3) is 0.344. The van der Waals surface area contributed by atoms with E-state index in [4.69, 9.17) is 4.74 Å². The molecule has 4 aromatic rings. The third-order valence-electron chi connectivity index (χ3n) is 7.25. The Bertz CT molecular complexity index is 1430. The maximum Gasteiger partial charge on any atom is 0.249 e. The van der Waals surface area contributed by atoms with E-state index >= 15 is 0 Å². The molecule has 0 bridgehead atoms. The van der Waals surface area contributed by atoms with Crippen molar-refractivity contribution >= 4 is 28.4 Å². The summed E-state index contributed by atoms with van der Waals surface area (Å²) in [4.78, 5) is 35.2. The number of carbonyl (C=O) groups excluding carboxylic acids is 2. The van der Waals surface area contributed by atoms with Gasteiger partial charge in [-0.25, -0.2) is 4.98 Å². The molecule has 40 heavy (non-hydrogen) atoms. The lowest BCUT2D eigenvalue weighted by molar-refractivity contribution is -0.127. The van der Waals surface area contributed by atoms with Crippen LogP contribution < -0.4 is 15.0 Å². The van der Waals surface area contributed by atoms with Gasteiger partial charge < -0.3 is 24.4 Å². The van der Waals surface area contributed by atoms with Crippen molar-refractivity contribution in [3.63, 3.8) is 0 Å². The molecule has 4 rings (SSSR count). The van der Waals surface area contributed by atoms with E-state index in [1.165, 1.54) is 4.90 Å². The van der Waals surface area contributed by atoms with Gasteiger partial charge >= 0.3 is 0 Å². The number of pyridine rings is 1. The summed E-state index contributed by atoms with van der Waals surface area (Å²) in [6.45, 7) is 3.94. The number of para-hydroxylation sites is 1. The van der Waals surface area contributed by atoms with E-state index in [0.29, 0.717) is 18.0 Å². The highest BCUT2D eigenvalue weighted by Crippen LogP contribution is 2.27. The van der Waals surface area contributed by atoms with Crippen LogP contribution in [0.3, 0.4) is 0 Å². The largest absolute Gasteiger partial charge is 0.481 e. The van der Waals surface area contributed by atoms with E-state index in [1.807, 2.05) is 42.5 Å². The lowest BCUT2D eigenvalue weighted by Gasteiger charge is -2.25. The van der Waals surface area contributed by atoms with E-state index in [-0.39, 0.29) is 18.2 Å². The molecule has 1 N–H and O–H groups in total. The summed E-state index contributed by atoms with van der Waals surface area (Å²) in [6, 6.07) is 20.7. The SMILES string of the molecule is COc1ccc(N(C)C(=O)[C@H](Cc2ccccc2)NC(=O)Cc2c(C)n(CCCN(C)C)c3ccccc23)cn1. The molecule has 2 aromatic carbocycles. The van der Waals surface area contributed by atoms with E-state index < -0.39 is 6.04 Å². The second kappa shape index (κ2) is 13.3. The topological polar surface area (TPSA) is 79.7 Å². The van der Waals surface area contributed by atoms with Gasteiger partial charge in [0.1, 0.15) is 6.04 Å². The lowest BCUT2D eigenvalue weighted by Crippen LogP contribution is -2.49. The summed E-state index contributed by atoms with van der Waals surface area (Å²) in [6.07, 6.45) is 3.18. The molecule has 0 aliphatic heterocycles. The second-order valence-electron chi connectivity index (χ2n) is 10.3. The summed E-state index contributed by atoms with van der Waals surface area (Å²) in [5.41, 5.74) is 4.80. The number of nitrogens with zero attached hydrogens (tertiary/aromatic N) is 4. The minimum absolute atomic E-state index is 0.185. The highest BCUT2D eigenvalue weighted by Gasteiger charge is 2.26. The Kier molecular flexibility index (Phi) is 9.56. The Labute approximate surface area is 236 Å². The second-order valence-corrected chi connectivity index (χ2v) is 10.3. The van der Waals surface area contributed by atoms with Gasteiger partial charge in [-0.1, -0.05) is 48.5 Å². The van der Waals surface area contributed by atoms with E-state index in [1.54, 1.807) is 32.5 Å². The number of fused-ring (bicyclic) bond motifs is 1. The normalized spacial score (nSPS) is 11.9. The molecule has 0 spiro atoms. The van der Waals surface area contributed by atoms with Gasteiger partial charge in [-0.2, -0.15) is 0 Å². The number of hydrogen-bond donors (Lipinski definition) is 1. The fourth-order valence-electron chi connectivity index (χ4n) is 5.07. The summed E-state index contributed by atoms with van der Waals surface area (Å²) < 4.78 is 7.45. The van der Waals surface area contributed by atoms with Crippen LogP contribution in [0.1, 0.15) is 23.2 Å². The van der Waals surface area contributed by atoms with Crippen LogP contribution in [-0.2, 0) is 29.0 Å². The average molecular weight is 542 g/mol. The maximum absolute atomic E-state index is 13.7. The standard InChI is InChI=1S/C32H39N5O3/c1-23-27(26-14-9-10-15-29(26)37(23)19-11-18-35(2)3)21-30(38)34-28(20-24-12-7-6-8-13-24)32(39)36(4)25-16-17-31(40-5)33-22-25/h6-10,12-17,22,28H,11,18-21H2,1-5H3,(H,34,38)/t28-/m0/s1. The Morgan fingerprint density at radius 2 is 1.73 bits per heavy atom. The zero-order valence-corrected chi connectivity index (χ0v) is 24.1. The third-order valence-corrected chi connectivity index (χ3v) is 7.25. The van der Waals surface area contributed by atoms with Gasteiger partial charge in [0.25, 0.3) is 0 Å². The first-order valence-electron chi connectivity index (χ1n) is 13.6. The Morgan fingerprint density at radius 3 is 2.40 bits per heavy atom. The van der Waals surface area contributed by atoms with Gasteiger partial charge in [0.15, 0.2) is 0 Å². The number of amides is 2. The Balaban J connectivity index is 1.56. The van der Waals surface area contributed by atoms with Crippen LogP contribution in [0, 0.1) is 6.92 Å². The van der Waals surface area contributed by atoms with Crippen molar-refractivity contribution in [1.82, 2.24) is 19.8 Å². The molecule has 8 heteroatoms. The maximum atomic E-state index is 13.7. The molecule has 210 valence electrons. The molecule has 8 nitrogen and oxygen atoms in total. The summed E-state index contributed by atoms with van der Waals surface area (Å²) in [7, 11) is 7.39. The monoisotopic (exact) mass is 541 g/mol. The number of benzene rings is 2. The Morgan fingerprint density at radius 1 is 1.00 bits per heavy atom. The number of rotatable bonds is 12. The quantitative estimate of drug-likeness (QED) is 0.290. The first-order valence-corrected chi connectivity index (χ1v) is 13.6. The van der Waals surface area contributed by atoms with E-state index in [9.17, 15) is 9.59 Å². The van der Waals surface area contributed by atoms with Crippen LogP contribution in [0.4, 0.5) is 5.69 Å². The number of methoxy groups -OCH3 is 1. The first kappa shape index (κ1) is 28.8. The molecular weight excluding hydrogens is 502 g/mol. The summed E-state index contributed by atoms with van der Waals surface area (Å²) >= 11 is 0. The molecule has 0 unspecified atom stereocenters. The molecule has 2 amide bonds. The minimum atomic E-state index is -0.740. The molecule has 0 aliphatic rings. The van der Waals surface area contributed by atoms with Crippen molar-refractivity contribution < 1.29 is 14.3 Å². The predicted octanol–water partition coefficient (Wildman–Crippen LogP) is 4.24. The van der Waals surface area contributed by atoms with Gasteiger partial charge in [-0.05, 0) is 57.2 Å². The highest BCUT2D eigenvalue weighted by atomic mass is 16.5. The minimum Gasteiger partial charge on any atom is -0.481 e. The van der Waals surface area contributed by atoms with Crippen LogP contribution in [-0.4, -0.2) is 67.1 Å². The van der Waals surface area contributed by atoms with Gasteiger partial charge in [0.05, 0.1) is 25.4 Å². The van der Waals surface area contributed by atoms with Crippen molar-refractivity contribution in [3.8, 4) is 5.88 Å². The van der Waals surface area contributed by atoms with Gasteiger partial charge in [-0.15, -0.1) is 0 Å². The third kappa shape index (κ3) is 6.87. The first-order chi connectivity index (χ1) is 19.3. The van der Waals surface area contributed by atoms with Gasteiger partial charge in [-0.3, -0.25) is 9.59 Å². The Hall–Kier alpha value is -4.17. The molecule has 0 fully saturated rings. The molecule has 2 aromatic heterocycles. The van der Waals surface area contributed by atoms with Crippen molar-refractivity contribution in [2.75, 3.05) is 39.7 Å². The van der Waals surface area contributed by atoms with Crippen LogP contribution in [0.5, 0.6) is 5.88 Å². The summed E-state index contributed by atoms with van der Waals surface area (Å²) in [5.74, 6) is 0.0665. The van der Waals surface area contributed by atoms with Crippen LogP contribution in [0.25, 0.3) is 10.9 Å². The number of nitrogens with one attached hydrogen (secondary N) is 1. The van der Waals surface area contributed by atoms with Gasteiger partial charge in [0, 0.05) is 42.7 Å². The van der Waals surface area contributed by atoms with Crippen LogP contribution in [0.15, 0.2) is 72.9 Å². The zero-order chi connectivity index (χ0) is 28.6. The molecule has 0 aliphatic carbocycles. The molecule has 2 heterocycles. The number of aryl methyl sites for hydroxylation is 1. The summed E-state index contributed by atoms with van der Waals surface area (Å²) in [5, 5.41) is 4.13. The molecule has 0 saturated heterocycles. The zero-order valence-electron chi connectivity index (χ0n) is 24.1. The van der Waals surface area contributed by atoms with E-state index in [0.717, 1.165) is 47.2 Å².